The van der Waals surface area contributed by atoms with E-state index in [1.165, 1.54) is 0 Å². The van der Waals surface area contributed by atoms with Crippen molar-refractivity contribution in [3.63, 3.8) is 0 Å². The maximum absolute atomic E-state index is 11.5. The number of carbonyl (C=O) groups excluding carboxylic acids is 1. The molecule has 0 amide bonds. The van der Waals surface area contributed by atoms with Crippen molar-refractivity contribution in [2.45, 2.75) is 80.3 Å². The van der Waals surface area contributed by atoms with Crippen LogP contribution in [-0.4, -0.2) is 12.1 Å². The van der Waals surface area contributed by atoms with E-state index in [4.69, 9.17) is 4.74 Å². The van der Waals surface area contributed by atoms with E-state index in [9.17, 15) is 4.79 Å². The second-order valence-corrected chi connectivity index (χ2v) is 3.63. The van der Waals surface area contributed by atoms with Gasteiger partial charge in [0.15, 0.2) is 0 Å². The summed E-state index contributed by atoms with van der Waals surface area (Å²) < 4.78 is 5.27. The molecule has 0 aromatic rings. The molecule has 1 rings (SSSR count). The van der Waals surface area contributed by atoms with Gasteiger partial charge in [-0.2, -0.15) is 0 Å². The number of ether oxygens (including phenoxy) is 1. The third-order valence-electron chi connectivity index (χ3n) is 3.13. The molecule has 0 aliphatic carbocycles. The van der Waals surface area contributed by atoms with Crippen molar-refractivity contribution < 1.29 is 9.53 Å². The molecule has 1 aliphatic rings. The Balaban J connectivity index is 0. The van der Waals surface area contributed by atoms with E-state index in [1.807, 2.05) is 27.7 Å². The minimum Gasteiger partial charge on any atom is -0.462 e. The number of esters is 1. The van der Waals surface area contributed by atoms with Gasteiger partial charge >= 0.3 is 5.97 Å². The second-order valence-electron chi connectivity index (χ2n) is 3.63. The van der Waals surface area contributed by atoms with Gasteiger partial charge in [-0.1, -0.05) is 48.5 Å². The zero-order chi connectivity index (χ0) is 13.2. The Labute approximate surface area is 102 Å². The fourth-order valence-electron chi connectivity index (χ4n) is 1.89. The highest BCUT2D eigenvalue weighted by atomic mass is 16.6. The molecule has 0 aromatic carbocycles. The van der Waals surface area contributed by atoms with E-state index in [0.717, 1.165) is 25.7 Å². The zero-order valence-corrected chi connectivity index (χ0v) is 12.2. The topological polar surface area (TPSA) is 26.3 Å². The minimum atomic E-state index is -0.152. The van der Waals surface area contributed by atoms with Crippen molar-refractivity contribution in [1.29, 1.82) is 0 Å². The molecule has 1 unspecified atom stereocenters. The van der Waals surface area contributed by atoms with Crippen molar-refractivity contribution in [3.05, 3.63) is 0 Å². The molecule has 0 aromatic heterocycles. The molecular weight excluding hydrogens is 200 g/mol. The smallest absolute Gasteiger partial charge is 0.312 e. The maximum Gasteiger partial charge on any atom is 0.312 e. The van der Waals surface area contributed by atoms with Crippen LogP contribution in [0.15, 0.2) is 0 Å². The summed E-state index contributed by atoms with van der Waals surface area (Å²) >= 11 is 0. The van der Waals surface area contributed by atoms with Crippen LogP contribution >= 0.6 is 0 Å². The van der Waals surface area contributed by atoms with Gasteiger partial charge in [0, 0.05) is 6.42 Å². The lowest BCUT2D eigenvalue weighted by atomic mass is 9.79. The van der Waals surface area contributed by atoms with Crippen molar-refractivity contribution in [1.82, 2.24) is 0 Å². The molecular formula is C14H30O2. The van der Waals surface area contributed by atoms with Gasteiger partial charge in [0.2, 0.25) is 0 Å². The Morgan fingerprint density at radius 1 is 1.12 bits per heavy atom. The molecule has 0 radical (unpaired) electrons. The maximum atomic E-state index is 11.5. The highest BCUT2D eigenvalue weighted by molar-refractivity contribution is 5.78. The molecule has 1 fully saturated rings. The predicted molar refractivity (Wildman–Crippen MR) is 70.5 cm³/mol. The van der Waals surface area contributed by atoms with Crippen LogP contribution in [-0.2, 0) is 9.53 Å². The van der Waals surface area contributed by atoms with Crippen LogP contribution in [0, 0.1) is 5.41 Å². The Hall–Kier alpha value is -0.530. The monoisotopic (exact) mass is 230 g/mol. The van der Waals surface area contributed by atoms with Crippen LogP contribution in [0.4, 0.5) is 0 Å². The van der Waals surface area contributed by atoms with Gasteiger partial charge in [-0.25, -0.2) is 0 Å². The molecule has 0 N–H and O–H groups in total. The fraction of sp³-hybridized carbons (Fsp3) is 0.929. The lowest BCUT2D eigenvalue weighted by molar-refractivity contribution is -0.149. The lowest BCUT2D eigenvalue weighted by Crippen LogP contribution is -2.24. The summed E-state index contributed by atoms with van der Waals surface area (Å²) in [5, 5.41) is 0. The summed E-state index contributed by atoms with van der Waals surface area (Å²) in [6, 6.07) is 0. The summed E-state index contributed by atoms with van der Waals surface area (Å²) in [5.41, 5.74) is -0.152. The van der Waals surface area contributed by atoms with E-state index < -0.39 is 0 Å². The van der Waals surface area contributed by atoms with Crippen LogP contribution in [0.5, 0.6) is 0 Å². The summed E-state index contributed by atoms with van der Waals surface area (Å²) in [7, 11) is 0. The molecule has 1 heterocycles. The first kappa shape index (κ1) is 17.9. The average Bonchev–Trinajstić information content (AvgIpc) is 2.71. The van der Waals surface area contributed by atoms with Crippen molar-refractivity contribution in [2.75, 3.05) is 0 Å². The Kier molecular flexibility index (Phi) is 10.8. The van der Waals surface area contributed by atoms with Gasteiger partial charge in [-0.15, -0.1) is 0 Å². The van der Waals surface area contributed by atoms with Gasteiger partial charge in [0.25, 0.3) is 0 Å². The normalized spacial score (nSPS) is 21.2. The molecule has 1 atom stereocenters. The van der Waals surface area contributed by atoms with Gasteiger partial charge in [-0.3, -0.25) is 4.79 Å². The first-order valence-electron chi connectivity index (χ1n) is 6.89. The van der Waals surface area contributed by atoms with Crippen LogP contribution in [0.3, 0.4) is 0 Å². The molecule has 0 bridgehead atoms. The first-order valence-corrected chi connectivity index (χ1v) is 6.89. The first-order chi connectivity index (χ1) is 7.68. The number of rotatable bonds is 3. The minimum absolute atomic E-state index is 0.0272. The molecule has 2 nitrogen and oxygen atoms in total. The van der Waals surface area contributed by atoms with E-state index in [0.29, 0.717) is 0 Å². The summed E-state index contributed by atoms with van der Waals surface area (Å²) in [5.74, 6) is 0.0272. The van der Waals surface area contributed by atoms with Crippen LogP contribution in [0.1, 0.15) is 74.1 Å². The quantitative estimate of drug-likeness (QED) is 0.664. The van der Waals surface area contributed by atoms with Gasteiger partial charge in [0.1, 0.15) is 6.10 Å². The molecule has 1 aliphatic heterocycles. The molecule has 0 saturated carbocycles. The SMILES string of the molecule is CC.CC.CCC1CC(CC)(CC)C(=O)O1. The predicted octanol–water partition coefficient (Wildman–Crippen LogP) is 4.57. The van der Waals surface area contributed by atoms with E-state index in [2.05, 4.69) is 20.8 Å². The number of hydrogen-bond acceptors (Lipinski definition) is 2. The lowest BCUT2D eigenvalue weighted by Gasteiger charge is -2.19. The van der Waals surface area contributed by atoms with E-state index in [-0.39, 0.29) is 17.5 Å². The third kappa shape index (κ3) is 4.15. The van der Waals surface area contributed by atoms with Gasteiger partial charge in [-0.05, 0) is 19.3 Å². The molecule has 98 valence electrons. The van der Waals surface area contributed by atoms with Gasteiger partial charge in [0.05, 0.1) is 5.41 Å². The highest BCUT2D eigenvalue weighted by Crippen LogP contribution is 2.40. The van der Waals surface area contributed by atoms with E-state index >= 15 is 0 Å². The fourth-order valence-corrected chi connectivity index (χ4v) is 1.89. The molecule has 2 heteroatoms. The van der Waals surface area contributed by atoms with Crippen molar-refractivity contribution >= 4 is 5.97 Å². The summed E-state index contributed by atoms with van der Waals surface area (Å²) in [6.07, 6.45) is 3.89. The third-order valence-corrected chi connectivity index (χ3v) is 3.13. The highest BCUT2D eigenvalue weighted by Gasteiger charge is 2.45. The zero-order valence-electron chi connectivity index (χ0n) is 12.2. The Morgan fingerprint density at radius 2 is 1.56 bits per heavy atom. The van der Waals surface area contributed by atoms with Crippen LogP contribution in [0.25, 0.3) is 0 Å². The summed E-state index contributed by atoms with van der Waals surface area (Å²) in [4.78, 5) is 11.5. The number of carbonyl (C=O) groups is 1. The largest absolute Gasteiger partial charge is 0.462 e. The van der Waals surface area contributed by atoms with Crippen LogP contribution in [0.2, 0.25) is 0 Å². The summed E-state index contributed by atoms with van der Waals surface area (Å²) in [6.45, 7) is 14.2. The Bertz CT molecular complexity index is 172. The molecule has 1 saturated heterocycles. The van der Waals surface area contributed by atoms with Crippen molar-refractivity contribution in [3.8, 4) is 0 Å². The van der Waals surface area contributed by atoms with E-state index in [1.54, 1.807) is 0 Å². The average molecular weight is 230 g/mol. The molecule has 0 spiro atoms. The standard InChI is InChI=1S/C10H18O2.2C2H6/c1-4-8-7-10(5-2,6-3)9(11)12-8;2*1-2/h8H,4-7H2,1-3H3;2*1-2H3. The van der Waals surface area contributed by atoms with Crippen molar-refractivity contribution in [2.24, 2.45) is 5.41 Å². The van der Waals surface area contributed by atoms with Crippen LogP contribution < -0.4 is 0 Å². The van der Waals surface area contributed by atoms with Gasteiger partial charge < -0.3 is 4.74 Å². The Morgan fingerprint density at radius 3 is 1.75 bits per heavy atom. The second kappa shape index (κ2) is 9.68. The molecule has 16 heavy (non-hydrogen) atoms. The number of cyclic esters (lactones) is 1. The number of hydrogen-bond donors (Lipinski definition) is 0.